The SMILES string of the molecule is Cc1cc(N)c(N2CCOCC2)cc1NC(=O)c1cccc2ccccc12. The number of fused-ring (bicyclic) bond motifs is 1. The van der Waals surface area contributed by atoms with Crippen molar-refractivity contribution in [1.29, 1.82) is 0 Å². The molecule has 1 aliphatic heterocycles. The van der Waals surface area contributed by atoms with E-state index in [0.29, 0.717) is 18.8 Å². The van der Waals surface area contributed by atoms with Crippen molar-refractivity contribution in [2.75, 3.05) is 42.3 Å². The maximum atomic E-state index is 13.0. The summed E-state index contributed by atoms with van der Waals surface area (Å²) >= 11 is 0. The topological polar surface area (TPSA) is 67.6 Å². The number of aryl methyl sites for hydroxylation is 1. The van der Waals surface area contributed by atoms with E-state index in [0.717, 1.165) is 46.5 Å². The normalized spacial score (nSPS) is 14.3. The van der Waals surface area contributed by atoms with Crippen molar-refractivity contribution in [2.24, 2.45) is 0 Å². The van der Waals surface area contributed by atoms with E-state index < -0.39 is 0 Å². The number of carbonyl (C=O) groups is 1. The molecule has 1 fully saturated rings. The number of nitrogens with zero attached hydrogens (tertiary/aromatic N) is 1. The number of nitrogens with one attached hydrogen (secondary N) is 1. The molecule has 0 saturated carbocycles. The van der Waals surface area contributed by atoms with Gasteiger partial charge in [0, 0.05) is 24.3 Å². The third-order valence-corrected chi connectivity index (χ3v) is 5.01. The molecule has 0 unspecified atom stereocenters. The Kier molecular flexibility index (Phi) is 4.69. The lowest BCUT2D eigenvalue weighted by Crippen LogP contribution is -2.36. The summed E-state index contributed by atoms with van der Waals surface area (Å²) in [6, 6.07) is 17.6. The van der Waals surface area contributed by atoms with E-state index in [1.54, 1.807) is 0 Å². The van der Waals surface area contributed by atoms with Gasteiger partial charge in [0.1, 0.15) is 0 Å². The van der Waals surface area contributed by atoms with E-state index in [1.807, 2.05) is 61.5 Å². The van der Waals surface area contributed by atoms with Crippen molar-refractivity contribution in [3.05, 3.63) is 65.7 Å². The number of morpholine rings is 1. The smallest absolute Gasteiger partial charge is 0.256 e. The first-order valence-electron chi connectivity index (χ1n) is 9.15. The summed E-state index contributed by atoms with van der Waals surface area (Å²) in [5.41, 5.74) is 10.3. The second-order valence-corrected chi connectivity index (χ2v) is 6.81. The largest absolute Gasteiger partial charge is 0.397 e. The van der Waals surface area contributed by atoms with E-state index in [1.165, 1.54) is 0 Å². The van der Waals surface area contributed by atoms with E-state index >= 15 is 0 Å². The third kappa shape index (κ3) is 3.46. The van der Waals surface area contributed by atoms with Crippen molar-refractivity contribution in [3.63, 3.8) is 0 Å². The molecule has 1 amide bonds. The van der Waals surface area contributed by atoms with Crippen LogP contribution in [0.1, 0.15) is 15.9 Å². The molecule has 1 saturated heterocycles. The number of amides is 1. The quantitative estimate of drug-likeness (QED) is 0.696. The molecule has 5 heteroatoms. The van der Waals surface area contributed by atoms with Crippen LogP contribution in [0, 0.1) is 6.92 Å². The molecule has 3 aromatic carbocycles. The van der Waals surface area contributed by atoms with Crippen LogP contribution in [0.2, 0.25) is 0 Å². The van der Waals surface area contributed by atoms with Gasteiger partial charge in [-0.3, -0.25) is 4.79 Å². The van der Waals surface area contributed by atoms with Gasteiger partial charge < -0.3 is 20.7 Å². The van der Waals surface area contributed by atoms with E-state index in [2.05, 4.69) is 10.2 Å². The van der Waals surface area contributed by atoms with E-state index in [4.69, 9.17) is 10.5 Å². The van der Waals surface area contributed by atoms with Gasteiger partial charge >= 0.3 is 0 Å². The Morgan fingerprint density at radius 2 is 1.81 bits per heavy atom. The summed E-state index contributed by atoms with van der Waals surface area (Å²) in [5.74, 6) is -0.118. The molecule has 0 radical (unpaired) electrons. The van der Waals surface area contributed by atoms with Gasteiger partial charge in [-0.15, -0.1) is 0 Å². The van der Waals surface area contributed by atoms with Crippen molar-refractivity contribution in [3.8, 4) is 0 Å². The Hall–Kier alpha value is -3.05. The zero-order chi connectivity index (χ0) is 18.8. The van der Waals surface area contributed by atoms with Gasteiger partial charge in [-0.1, -0.05) is 36.4 Å². The number of carbonyl (C=O) groups excluding carboxylic acids is 1. The fraction of sp³-hybridized carbons (Fsp3) is 0.227. The molecule has 0 spiro atoms. The molecular formula is C22H23N3O2. The van der Waals surface area contributed by atoms with Gasteiger partial charge in [-0.2, -0.15) is 0 Å². The fourth-order valence-corrected chi connectivity index (χ4v) is 3.54. The zero-order valence-electron chi connectivity index (χ0n) is 15.4. The van der Waals surface area contributed by atoms with Crippen molar-refractivity contribution in [2.45, 2.75) is 6.92 Å². The highest BCUT2D eigenvalue weighted by atomic mass is 16.5. The first kappa shape index (κ1) is 17.4. The Morgan fingerprint density at radius 3 is 2.63 bits per heavy atom. The van der Waals surface area contributed by atoms with Gasteiger partial charge in [-0.25, -0.2) is 0 Å². The minimum absolute atomic E-state index is 0.118. The molecule has 3 aromatic rings. The number of ether oxygens (including phenoxy) is 1. The first-order valence-corrected chi connectivity index (χ1v) is 9.15. The number of nitrogen functional groups attached to an aromatic ring is 1. The highest BCUT2D eigenvalue weighted by Crippen LogP contribution is 2.31. The number of hydrogen-bond acceptors (Lipinski definition) is 4. The Labute approximate surface area is 158 Å². The molecule has 1 aliphatic rings. The molecule has 5 nitrogen and oxygen atoms in total. The van der Waals surface area contributed by atoms with Crippen LogP contribution in [-0.4, -0.2) is 32.2 Å². The fourth-order valence-electron chi connectivity index (χ4n) is 3.54. The molecule has 0 bridgehead atoms. The molecule has 1 heterocycles. The maximum absolute atomic E-state index is 13.0. The van der Waals surface area contributed by atoms with Gasteiger partial charge in [0.2, 0.25) is 0 Å². The molecule has 4 rings (SSSR count). The molecule has 0 atom stereocenters. The van der Waals surface area contributed by atoms with Crippen LogP contribution >= 0.6 is 0 Å². The number of hydrogen-bond donors (Lipinski definition) is 2. The van der Waals surface area contributed by atoms with Crippen molar-refractivity contribution in [1.82, 2.24) is 0 Å². The number of benzene rings is 3. The van der Waals surface area contributed by atoms with Crippen LogP contribution in [0.5, 0.6) is 0 Å². The maximum Gasteiger partial charge on any atom is 0.256 e. The minimum Gasteiger partial charge on any atom is -0.397 e. The second kappa shape index (κ2) is 7.29. The average Bonchev–Trinajstić information content (AvgIpc) is 2.70. The molecular weight excluding hydrogens is 338 g/mol. The zero-order valence-corrected chi connectivity index (χ0v) is 15.4. The van der Waals surface area contributed by atoms with E-state index in [-0.39, 0.29) is 5.91 Å². The van der Waals surface area contributed by atoms with Crippen LogP contribution in [0.15, 0.2) is 54.6 Å². The highest BCUT2D eigenvalue weighted by Gasteiger charge is 2.17. The third-order valence-electron chi connectivity index (χ3n) is 5.01. The predicted octanol–water partition coefficient (Wildman–Crippen LogP) is 3.82. The highest BCUT2D eigenvalue weighted by molar-refractivity contribution is 6.13. The monoisotopic (exact) mass is 361 g/mol. The van der Waals surface area contributed by atoms with Gasteiger partial charge in [-0.05, 0) is 41.5 Å². The molecule has 0 aromatic heterocycles. The van der Waals surface area contributed by atoms with Crippen molar-refractivity contribution >= 4 is 33.7 Å². The lowest BCUT2D eigenvalue weighted by Gasteiger charge is -2.30. The summed E-state index contributed by atoms with van der Waals surface area (Å²) in [6.45, 7) is 4.92. The van der Waals surface area contributed by atoms with Gasteiger partial charge in [0.05, 0.1) is 24.6 Å². The average molecular weight is 361 g/mol. The van der Waals surface area contributed by atoms with Gasteiger partial charge in [0.25, 0.3) is 5.91 Å². The summed E-state index contributed by atoms with van der Waals surface area (Å²) in [5, 5.41) is 5.07. The summed E-state index contributed by atoms with van der Waals surface area (Å²) in [4.78, 5) is 15.2. The van der Waals surface area contributed by atoms with Crippen molar-refractivity contribution < 1.29 is 9.53 Å². The minimum atomic E-state index is -0.118. The lowest BCUT2D eigenvalue weighted by atomic mass is 10.0. The molecule has 27 heavy (non-hydrogen) atoms. The van der Waals surface area contributed by atoms with Crippen LogP contribution in [-0.2, 0) is 4.74 Å². The number of anilines is 3. The predicted molar refractivity (Wildman–Crippen MR) is 111 cm³/mol. The Balaban J connectivity index is 1.66. The summed E-state index contributed by atoms with van der Waals surface area (Å²) in [6.07, 6.45) is 0. The molecule has 138 valence electrons. The Morgan fingerprint density at radius 1 is 1.07 bits per heavy atom. The van der Waals surface area contributed by atoms with Crippen LogP contribution in [0.25, 0.3) is 10.8 Å². The van der Waals surface area contributed by atoms with Gasteiger partial charge in [0.15, 0.2) is 0 Å². The Bertz CT molecular complexity index is 989. The van der Waals surface area contributed by atoms with Crippen LogP contribution in [0.3, 0.4) is 0 Å². The van der Waals surface area contributed by atoms with E-state index in [9.17, 15) is 4.79 Å². The number of nitrogens with two attached hydrogens (primary N) is 1. The summed E-state index contributed by atoms with van der Waals surface area (Å²) in [7, 11) is 0. The molecule has 3 N–H and O–H groups in total. The molecule has 0 aliphatic carbocycles. The summed E-state index contributed by atoms with van der Waals surface area (Å²) < 4.78 is 5.43. The van der Waals surface area contributed by atoms with Crippen LogP contribution < -0.4 is 16.0 Å². The lowest BCUT2D eigenvalue weighted by molar-refractivity contribution is 0.102. The number of rotatable bonds is 3. The first-order chi connectivity index (χ1) is 13.1. The second-order valence-electron chi connectivity index (χ2n) is 6.81. The van der Waals surface area contributed by atoms with Crippen LogP contribution in [0.4, 0.5) is 17.1 Å². The standard InChI is InChI=1S/C22H23N3O2/c1-15-13-19(23)21(25-9-11-27-12-10-25)14-20(15)24-22(26)18-8-4-6-16-5-2-3-7-17(16)18/h2-8,13-14H,9-12,23H2,1H3,(H,24,26).